The predicted octanol–water partition coefficient (Wildman–Crippen LogP) is 6.95. The second-order valence-corrected chi connectivity index (χ2v) is 13.4. The third-order valence-electron chi connectivity index (χ3n) is 7.09. The van der Waals surface area contributed by atoms with Crippen LogP contribution < -0.4 is 9.62 Å². The van der Waals surface area contributed by atoms with Crippen molar-refractivity contribution in [2.24, 2.45) is 0 Å². The summed E-state index contributed by atoms with van der Waals surface area (Å²) in [7, 11) is -4.14. The lowest BCUT2D eigenvalue weighted by Crippen LogP contribution is -2.51. The Kier molecular flexibility index (Phi) is 11.9. The van der Waals surface area contributed by atoms with E-state index in [1.54, 1.807) is 49.4 Å². The van der Waals surface area contributed by atoms with Gasteiger partial charge in [0.1, 0.15) is 12.6 Å². The average molecular weight is 633 g/mol. The van der Waals surface area contributed by atoms with Crippen molar-refractivity contribution in [2.45, 2.75) is 70.9 Å². The summed E-state index contributed by atoms with van der Waals surface area (Å²) in [5, 5.41) is 3.65. The Hall–Kier alpha value is -3.07. The molecular weight excluding hydrogens is 593 g/mol. The van der Waals surface area contributed by atoms with E-state index < -0.39 is 28.5 Å². The minimum atomic E-state index is -4.14. The van der Waals surface area contributed by atoms with E-state index in [9.17, 15) is 18.0 Å². The molecule has 10 heteroatoms. The number of halogens is 2. The van der Waals surface area contributed by atoms with Gasteiger partial charge in [-0.05, 0) is 73.7 Å². The zero-order chi connectivity index (χ0) is 31.0. The number of benzene rings is 3. The normalized spacial score (nSPS) is 12.2. The third-order valence-corrected chi connectivity index (χ3v) is 9.46. The summed E-state index contributed by atoms with van der Waals surface area (Å²) in [6.07, 6.45) is 1.70. The van der Waals surface area contributed by atoms with Crippen LogP contribution in [0.3, 0.4) is 0 Å². The molecule has 0 saturated carbocycles. The van der Waals surface area contributed by atoms with Crippen LogP contribution in [0.25, 0.3) is 0 Å². The number of nitrogens with zero attached hydrogens (tertiary/aromatic N) is 2. The van der Waals surface area contributed by atoms with Crippen molar-refractivity contribution in [3.05, 3.63) is 93.5 Å². The molecule has 0 fully saturated rings. The number of aryl methyl sites for hydroxylation is 1. The van der Waals surface area contributed by atoms with Gasteiger partial charge in [0.05, 0.1) is 10.6 Å². The maximum atomic E-state index is 14.1. The van der Waals surface area contributed by atoms with Crippen LogP contribution in [-0.4, -0.2) is 44.3 Å². The van der Waals surface area contributed by atoms with E-state index in [2.05, 4.69) is 5.32 Å². The molecule has 3 rings (SSSR count). The van der Waals surface area contributed by atoms with Crippen molar-refractivity contribution in [1.29, 1.82) is 0 Å². The highest BCUT2D eigenvalue weighted by Gasteiger charge is 2.32. The summed E-state index contributed by atoms with van der Waals surface area (Å²) < 4.78 is 29.1. The zero-order valence-corrected chi connectivity index (χ0v) is 27.1. The van der Waals surface area contributed by atoms with E-state index >= 15 is 0 Å². The van der Waals surface area contributed by atoms with Gasteiger partial charge < -0.3 is 10.2 Å². The second-order valence-electron chi connectivity index (χ2n) is 10.6. The first-order chi connectivity index (χ1) is 19.8. The summed E-state index contributed by atoms with van der Waals surface area (Å²) in [4.78, 5) is 28.6. The van der Waals surface area contributed by atoms with Gasteiger partial charge in [0.2, 0.25) is 11.8 Å². The highest BCUT2D eigenvalue weighted by atomic mass is 35.5. The Bertz CT molecular complexity index is 1480. The summed E-state index contributed by atoms with van der Waals surface area (Å²) in [6, 6.07) is 17.6. The number of carbonyl (C=O) groups excluding carboxylic acids is 2. The Morgan fingerprint density at radius 3 is 2.14 bits per heavy atom. The monoisotopic (exact) mass is 631 g/mol. The molecule has 3 aromatic carbocycles. The molecule has 0 aliphatic rings. The molecule has 226 valence electrons. The molecule has 0 saturated heterocycles. The van der Waals surface area contributed by atoms with Gasteiger partial charge in [-0.1, -0.05) is 86.3 Å². The van der Waals surface area contributed by atoms with Crippen molar-refractivity contribution in [3.8, 4) is 0 Å². The molecule has 0 unspecified atom stereocenters. The van der Waals surface area contributed by atoms with E-state index in [4.69, 9.17) is 23.2 Å². The minimum Gasteiger partial charge on any atom is -0.354 e. The van der Waals surface area contributed by atoms with E-state index in [-0.39, 0.29) is 23.3 Å². The maximum absolute atomic E-state index is 14.1. The van der Waals surface area contributed by atoms with E-state index in [1.165, 1.54) is 17.0 Å². The van der Waals surface area contributed by atoms with Crippen molar-refractivity contribution >= 4 is 50.7 Å². The molecular formula is C32H39Cl2N3O4S. The topological polar surface area (TPSA) is 86.8 Å². The number of amides is 2. The fourth-order valence-electron chi connectivity index (χ4n) is 4.34. The number of anilines is 1. The number of nitrogens with one attached hydrogen (secondary N) is 1. The quantitative estimate of drug-likeness (QED) is 0.207. The Balaban J connectivity index is 2.04. The molecule has 0 aliphatic heterocycles. The van der Waals surface area contributed by atoms with Gasteiger partial charge in [-0.25, -0.2) is 8.42 Å². The van der Waals surface area contributed by atoms with Crippen molar-refractivity contribution in [2.75, 3.05) is 17.4 Å². The van der Waals surface area contributed by atoms with Gasteiger partial charge >= 0.3 is 0 Å². The molecule has 1 atom stereocenters. The van der Waals surface area contributed by atoms with Gasteiger partial charge in [-0.15, -0.1) is 0 Å². The fraction of sp³-hybridized carbons (Fsp3) is 0.375. The van der Waals surface area contributed by atoms with E-state index in [0.29, 0.717) is 27.8 Å². The first-order valence-corrected chi connectivity index (χ1v) is 16.2. The van der Waals surface area contributed by atoms with Crippen molar-refractivity contribution in [1.82, 2.24) is 10.2 Å². The van der Waals surface area contributed by atoms with Crippen molar-refractivity contribution < 1.29 is 18.0 Å². The number of hydrogen-bond acceptors (Lipinski definition) is 4. The highest BCUT2D eigenvalue weighted by molar-refractivity contribution is 7.92. The molecule has 0 heterocycles. The molecule has 0 spiro atoms. The van der Waals surface area contributed by atoms with Crippen LogP contribution in [0.1, 0.15) is 63.1 Å². The Labute approximate surface area is 259 Å². The lowest BCUT2D eigenvalue weighted by atomic mass is 10.0. The number of unbranched alkanes of at least 4 members (excludes halogenated alkanes) is 1. The van der Waals surface area contributed by atoms with Crippen molar-refractivity contribution in [3.63, 3.8) is 0 Å². The van der Waals surface area contributed by atoms with Crippen LogP contribution in [0, 0.1) is 6.92 Å². The molecule has 0 bridgehead atoms. The smallest absolute Gasteiger partial charge is 0.264 e. The Morgan fingerprint density at radius 1 is 0.929 bits per heavy atom. The van der Waals surface area contributed by atoms with Gasteiger partial charge in [-0.2, -0.15) is 0 Å². The van der Waals surface area contributed by atoms with Crippen LogP contribution in [0.4, 0.5) is 5.69 Å². The van der Waals surface area contributed by atoms with E-state index in [1.807, 2.05) is 39.8 Å². The summed E-state index contributed by atoms with van der Waals surface area (Å²) >= 11 is 12.5. The van der Waals surface area contributed by atoms with Crippen LogP contribution in [0.5, 0.6) is 0 Å². The molecule has 2 amide bonds. The first-order valence-electron chi connectivity index (χ1n) is 14.1. The molecule has 42 heavy (non-hydrogen) atoms. The van der Waals surface area contributed by atoms with Gasteiger partial charge in [0.15, 0.2) is 0 Å². The van der Waals surface area contributed by atoms with Gasteiger partial charge in [0, 0.05) is 23.1 Å². The lowest BCUT2D eigenvalue weighted by Gasteiger charge is -2.32. The number of sulfonamides is 1. The highest BCUT2D eigenvalue weighted by Crippen LogP contribution is 2.28. The number of hydrogen-bond donors (Lipinski definition) is 1. The van der Waals surface area contributed by atoms with Gasteiger partial charge in [-0.3, -0.25) is 13.9 Å². The van der Waals surface area contributed by atoms with Crippen LogP contribution in [0.2, 0.25) is 10.0 Å². The first kappa shape index (κ1) is 33.4. The minimum absolute atomic E-state index is 0.0120. The fourth-order valence-corrected chi connectivity index (χ4v) is 6.23. The summed E-state index contributed by atoms with van der Waals surface area (Å²) in [5.41, 5.74) is 2.87. The maximum Gasteiger partial charge on any atom is 0.264 e. The van der Waals surface area contributed by atoms with Crippen LogP contribution in [-0.2, 0) is 26.2 Å². The summed E-state index contributed by atoms with van der Waals surface area (Å²) in [6.45, 7) is 9.55. The SMILES string of the molecule is CCCCNC(=O)[C@@H](C)N(Cc1ccc(Cl)cc1Cl)C(=O)CN(c1ccc(C(C)C)cc1)S(=O)(=O)c1ccc(C)cc1. The molecule has 0 radical (unpaired) electrons. The standard InChI is InChI=1S/C32H39Cl2N3O4S/c1-6-7-18-35-32(39)24(5)36(20-26-10-13-27(33)19-30(26)34)31(38)21-37(28-14-11-25(12-15-28)22(2)3)42(40,41)29-16-8-23(4)9-17-29/h8-17,19,22,24H,6-7,18,20-21H2,1-5H3,(H,35,39)/t24-/m1/s1. The number of carbonyl (C=O) groups is 2. The largest absolute Gasteiger partial charge is 0.354 e. The van der Waals surface area contributed by atoms with Crippen LogP contribution >= 0.6 is 23.2 Å². The molecule has 3 aromatic rings. The Morgan fingerprint density at radius 2 is 1.57 bits per heavy atom. The molecule has 0 aromatic heterocycles. The molecule has 0 aliphatic carbocycles. The number of rotatable bonds is 13. The van der Waals surface area contributed by atoms with Crippen LogP contribution in [0.15, 0.2) is 71.6 Å². The molecule has 1 N–H and O–H groups in total. The average Bonchev–Trinajstić information content (AvgIpc) is 2.95. The lowest BCUT2D eigenvalue weighted by molar-refractivity contribution is -0.139. The van der Waals surface area contributed by atoms with E-state index in [0.717, 1.165) is 28.3 Å². The zero-order valence-electron chi connectivity index (χ0n) is 24.7. The second kappa shape index (κ2) is 14.9. The predicted molar refractivity (Wildman–Crippen MR) is 171 cm³/mol. The van der Waals surface area contributed by atoms with Gasteiger partial charge in [0.25, 0.3) is 10.0 Å². The summed E-state index contributed by atoms with van der Waals surface area (Å²) in [5.74, 6) is -0.645. The third kappa shape index (κ3) is 8.49. The molecule has 7 nitrogen and oxygen atoms in total.